The maximum absolute atomic E-state index is 6.89. The Balaban J connectivity index is 0.00000465. The first kappa shape index (κ1) is 38.0. The molecule has 0 radical (unpaired) electrons. The molecule has 0 unspecified atom stereocenters. The zero-order valence-electron chi connectivity index (χ0n) is 33.0. The van der Waals surface area contributed by atoms with E-state index in [-0.39, 0.29) is 37.3 Å². The first-order chi connectivity index (χ1) is 25.6. The summed E-state index contributed by atoms with van der Waals surface area (Å²) in [7, 11) is 1.99. The predicted molar refractivity (Wildman–Crippen MR) is 216 cm³/mol. The Labute approximate surface area is 337 Å². The van der Waals surface area contributed by atoms with E-state index in [1.165, 1.54) is 5.56 Å². The molecule has 278 valence electrons. The van der Waals surface area contributed by atoms with Crippen LogP contribution in [0.5, 0.6) is 11.5 Å². The van der Waals surface area contributed by atoms with E-state index in [1.807, 2.05) is 52.7 Å². The SMILES string of the molecule is C[N+]1=C=[N+](c2[c-]c(Oc3[c-]c4c(cc3-c3nc(C(C)(C)C)nc(C(C)(C)C)n3)c3ccccc3n4-c3cc(C(C)(C)C)ccn3)ccc2)c2ccccc21.[Pt+2]. The first-order valence-corrected chi connectivity index (χ1v) is 18.4. The van der Waals surface area contributed by atoms with Crippen LogP contribution in [0.1, 0.15) is 79.5 Å². The Morgan fingerprint density at radius 1 is 0.691 bits per heavy atom. The minimum atomic E-state index is -0.319. The van der Waals surface area contributed by atoms with Crippen molar-refractivity contribution in [1.82, 2.24) is 29.1 Å². The number of aromatic nitrogens is 5. The van der Waals surface area contributed by atoms with Crippen LogP contribution < -0.4 is 9.31 Å². The van der Waals surface area contributed by atoms with Gasteiger partial charge in [-0.1, -0.05) is 119 Å². The maximum atomic E-state index is 6.89. The van der Waals surface area contributed by atoms with Gasteiger partial charge in [0.2, 0.25) is 0 Å². The van der Waals surface area contributed by atoms with Gasteiger partial charge in [-0.25, -0.2) is 19.9 Å². The molecule has 0 N–H and O–H groups in total. The molecule has 1 aliphatic rings. The number of benzene rings is 4. The standard InChI is InChI=1S/C46H45N7O.Pt/c1-44(2,3)29-22-23-47-40(24-29)53-35-19-12-11-18-32(35)33-26-34(41-48-42(45(4,5)6)50-43(49-41)46(7,8)9)39(27-38(33)53)54-31-17-15-16-30(25-31)52-28-51(10)36-20-13-14-21-37(36)52;/h11-24,26H,1-10H3;/q;+2. The molecular weight excluding hydrogens is 862 g/mol. The molecule has 1 aliphatic heterocycles. The summed E-state index contributed by atoms with van der Waals surface area (Å²) in [4.78, 5) is 20.1. The molecule has 4 heterocycles. The molecule has 0 saturated carbocycles. The van der Waals surface area contributed by atoms with Crippen LogP contribution in [-0.4, -0.2) is 42.1 Å². The predicted octanol–water partition coefficient (Wildman–Crippen LogP) is 10.6. The normalized spacial score (nSPS) is 13.1. The monoisotopic (exact) mass is 906 g/mol. The minimum Gasteiger partial charge on any atom is -0.508 e. The third-order valence-electron chi connectivity index (χ3n) is 9.68. The van der Waals surface area contributed by atoms with Gasteiger partial charge in [-0.15, -0.1) is 23.6 Å². The van der Waals surface area contributed by atoms with Crippen LogP contribution >= 0.6 is 0 Å². The summed E-state index contributed by atoms with van der Waals surface area (Å²) in [5.41, 5.74) is 5.94. The van der Waals surface area contributed by atoms with Crippen molar-refractivity contribution in [3.05, 3.63) is 120 Å². The average molecular weight is 907 g/mol. The van der Waals surface area contributed by atoms with Gasteiger partial charge in [0.25, 0.3) is 11.4 Å². The van der Waals surface area contributed by atoms with Gasteiger partial charge in [-0.2, -0.15) is 6.07 Å². The Morgan fingerprint density at radius 2 is 1.36 bits per heavy atom. The van der Waals surface area contributed by atoms with Crippen molar-refractivity contribution < 1.29 is 30.4 Å². The number of para-hydroxylation sites is 3. The smallest absolute Gasteiger partial charge is 0.508 e. The maximum Gasteiger partial charge on any atom is 2.00 e. The fraction of sp³-hybridized carbons (Fsp3) is 0.283. The molecule has 0 saturated heterocycles. The molecule has 3 aromatic heterocycles. The van der Waals surface area contributed by atoms with Gasteiger partial charge in [0.15, 0.2) is 7.05 Å². The number of pyridine rings is 1. The molecule has 8 rings (SSSR count). The van der Waals surface area contributed by atoms with E-state index in [0.717, 1.165) is 44.7 Å². The van der Waals surface area contributed by atoms with Crippen LogP contribution in [0.2, 0.25) is 0 Å². The fourth-order valence-electron chi connectivity index (χ4n) is 6.69. The van der Waals surface area contributed by atoms with E-state index in [1.54, 1.807) is 0 Å². The summed E-state index contributed by atoms with van der Waals surface area (Å²) in [5.74, 6) is 3.77. The zero-order chi connectivity index (χ0) is 38.2. The molecule has 9 heteroatoms. The average Bonchev–Trinajstić information content (AvgIpc) is 3.64. The van der Waals surface area contributed by atoms with Crippen molar-refractivity contribution >= 4 is 44.9 Å². The summed E-state index contributed by atoms with van der Waals surface area (Å²) >= 11 is 0. The van der Waals surface area contributed by atoms with Crippen LogP contribution in [0, 0.1) is 12.1 Å². The fourth-order valence-corrected chi connectivity index (χ4v) is 6.69. The third kappa shape index (κ3) is 7.06. The van der Waals surface area contributed by atoms with Crippen LogP contribution in [-0.2, 0) is 37.3 Å². The van der Waals surface area contributed by atoms with E-state index < -0.39 is 0 Å². The number of nitrogens with zero attached hydrogens (tertiary/aromatic N) is 7. The van der Waals surface area contributed by atoms with Gasteiger partial charge in [0.1, 0.15) is 29.0 Å². The number of hydrogen-bond acceptors (Lipinski definition) is 5. The van der Waals surface area contributed by atoms with Crippen LogP contribution in [0.15, 0.2) is 91.1 Å². The number of ether oxygens (including phenoxy) is 1. The molecule has 4 aromatic carbocycles. The van der Waals surface area contributed by atoms with Crippen LogP contribution in [0.25, 0.3) is 39.0 Å². The van der Waals surface area contributed by atoms with E-state index in [9.17, 15) is 0 Å². The molecule has 55 heavy (non-hydrogen) atoms. The van der Waals surface area contributed by atoms with Crippen LogP contribution in [0.4, 0.5) is 17.1 Å². The van der Waals surface area contributed by atoms with E-state index in [0.29, 0.717) is 34.5 Å². The molecule has 8 nitrogen and oxygen atoms in total. The quantitative estimate of drug-likeness (QED) is 0.127. The second kappa shape index (κ2) is 13.8. The largest absolute Gasteiger partial charge is 2.00 e. The number of hydrogen-bond donors (Lipinski definition) is 0. The van der Waals surface area contributed by atoms with Gasteiger partial charge in [0, 0.05) is 46.2 Å². The summed E-state index contributed by atoms with van der Waals surface area (Å²) < 4.78 is 13.0. The van der Waals surface area contributed by atoms with E-state index in [2.05, 4.69) is 140 Å². The Bertz CT molecular complexity index is 2670. The van der Waals surface area contributed by atoms with Crippen molar-refractivity contribution in [2.75, 3.05) is 7.05 Å². The summed E-state index contributed by atoms with van der Waals surface area (Å²) in [6, 6.07) is 39.6. The Morgan fingerprint density at radius 3 is 2.05 bits per heavy atom. The first-order valence-electron chi connectivity index (χ1n) is 18.4. The van der Waals surface area contributed by atoms with Gasteiger partial charge in [0.05, 0.1) is 0 Å². The molecule has 7 aromatic rings. The zero-order valence-corrected chi connectivity index (χ0v) is 35.3. The van der Waals surface area contributed by atoms with Gasteiger partial charge >= 0.3 is 27.1 Å². The topological polar surface area (TPSA) is 71.7 Å². The molecule has 0 bridgehead atoms. The second-order valence-electron chi connectivity index (χ2n) is 17.1. The van der Waals surface area contributed by atoms with Crippen molar-refractivity contribution in [3.8, 4) is 28.7 Å². The third-order valence-corrected chi connectivity index (χ3v) is 9.68. The molecule has 0 aliphatic carbocycles. The van der Waals surface area contributed by atoms with Gasteiger partial charge in [-0.05, 0) is 40.1 Å². The van der Waals surface area contributed by atoms with E-state index in [4.69, 9.17) is 24.7 Å². The van der Waals surface area contributed by atoms with E-state index >= 15 is 0 Å². The summed E-state index contributed by atoms with van der Waals surface area (Å²) in [5, 5.41) is 2.06. The van der Waals surface area contributed by atoms with Crippen molar-refractivity contribution in [2.24, 2.45) is 0 Å². The van der Waals surface area contributed by atoms with Crippen molar-refractivity contribution in [2.45, 2.75) is 78.6 Å². The van der Waals surface area contributed by atoms with Gasteiger partial charge in [-0.3, -0.25) is 0 Å². The number of fused-ring (bicyclic) bond motifs is 4. The Hall–Kier alpha value is -5.29. The van der Waals surface area contributed by atoms with Crippen LogP contribution in [0.3, 0.4) is 0 Å². The Kier molecular flexibility index (Phi) is 9.52. The molecule has 0 fully saturated rings. The minimum absolute atomic E-state index is 0. The summed E-state index contributed by atoms with van der Waals surface area (Å²) in [6.07, 6.45) is 1.89. The molecular formula is C46H45N7OPt+2. The summed E-state index contributed by atoms with van der Waals surface area (Å²) in [6.45, 7) is 19.4. The van der Waals surface area contributed by atoms with Crippen molar-refractivity contribution in [3.63, 3.8) is 0 Å². The van der Waals surface area contributed by atoms with Crippen molar-refractivity contribution in [1.29, 1.82) is 0 Å². The molecule has 0 atom stereocenters. The van der Waals surface area contributed by atoms with Gasteiger partial charge < -0.3 is 9.30 Å². The molecule has 0 spiro atoms. The second-order valence-corrected chi connectivity index (χ2v) is 17.1. The molecule has 0 amide bonds. The number of rotatable bonds is 5.